The maximum atomic E-state index is 10.6. The molecular weight excluding hydrogens is 260 g/mol. The summed E-state index contributed by atoms with van der Waals surface area (Å²) >= 11 is 3.32. The van der Waals surface area contributed by atoms with Crippen LogP contribution in [0.15, 0.2) is 22.7 Å². The molecule has 4 nitrogen and oxygen atoms in total. The maximum Gasteiger partial charge on any atom is 0.255 e. The van der Waals surface area contributed by atoms with Gasteiger partial charge < -0.3 is 16.2 Å². The summed E-state index contributed by atoms with van der Waals surface area (Å²) < 4.78 is 6.12. The number of hydrogen-bond donors (Lipinski definition) is 2. The normalized spacial score (nSPS) is 12.2. The number of halogens is 1. The number of hydrogen-bond acceptors (Lipinski definition) is 3. The number of nitrogens with two attached hydrogens (primary N) is 2. The molecule has 0 heterocycles. The van der Waals surface area contributed by atoms with Gasteiger partial charge in [-0.1, -0.05) is 22.0 Å². The van der Waals surface area contributed by atoms with Crippen molar-refractivity contribution in [3.63, 3.8) is 0 Å². The van der Waals surface area contributed by atoms with Crippen LogP contribution in [-0.2, 0) is 4.79 Å². The highest BCUT2D eigenvalue weighted by Crippen LogP contribution is 2.27. The molecule has 0 radical (unpaired) electrons. The molecule has 0 bridgehead atoms. The van der Waals surface area contributed by atoms with Gasteiger partial charge in [0.1, 0.15) is 5.75 Å². The largest absolute Gasteiger partial charge is 0.483 e. The summed E-state index contributed by atoms with van der Waals surface area (Å²) in [6.07, 6.45) is 0. The summed E-state index contributed by atoms with van der Waals surface area (Å²) in [4.78, 5) is 10.6. The first-order chi connectivity index (χ1) is 7.00. The van der Waals surface area contributed by atoms with Gasteiger partial charge in [0.15, 0.2) is 6.61 Å². The monoisotopic (exact) mass is 272 g/mol. The predicted molar refractivity (Wildman–Crippen MR) is 61.4 cm³/mol. The first-order valence-electron chi connectivity index (χ1n) is 4.47. The molecule has 0 fully saturated rings. The number of amides is 1. The second kappa shape index (κ2) is 5.14. The lowest BCUT2D eigenvalue weighted by atomic mass is 10.1. The fourth-order valence-electron chi connectivity index (χ4n) is 1.16. The Balaban J connectivity index is 2.91. The lowest BCUT2D eigenvalue weighted by Gasteiger charge is -2.13. The fraction of sp³-hybridized carbons (Fsp3) is 0.300. The van der Waals surface area contributed by atoms with E-state index in [1.807, 2.05) is 19.1 Å². The molecule has 1 rings (SSSR count). The third kappa shape index (κ3) is 3.53. The highest BCUT2D eigenvalue weighted by molar-refractivity contribution is 9.10. The summed E-state index contributed by atoms with van der Waals surface area (Å²) in [6.45, 7) is 1.70. The van der Waals surface area contributed by atoms with E-state index in [4.69, 9.17) is 16.2 Å². The van der Waals surface area contributed by atoms with Crippen molar-refractivity contribution in [1.82, 2.24) is 0 Å². The van der Waals surface area contributed by atoms with Gasteiger partial charge in [0.05, 0.1) is 0 Å². The van der Waals surface area contributed by atoms with E-state index >= 15 is 0 Å². The topological polar surface area (TPSA) is 78.3 Å². The molecule has 0 aliphatic rings. The molecule has 1 aromatic carbocycles. The van der Waals surface area contributed by atoms with Gasteiger partial charge in [-0.05, 0) is 19.1 Å². The number of rotatable bonds is 4. The number of benzene rings is 1. The Morgan fingerprint density at radius 2 is 2.27 bits per heavy atom. The van der Waals surface area contributed by atoms with Crippen LogP contribution in [0.2, 0.25) is 0 Å². The average molecular weight is 273 g/mol. The highest BCUT2D eigenvalue weighted by Gasteiger charge is 2.09. The number of carbonyl (C=O) groups is 1. The summed E-state index contributed by atoms with van der Waals surface area (Å²) in [5, 5.41) is 0. The molecule has 1 amide bonds. The first-order valence-corrected chi connectivity index (χ1v) is 5.26. The molecule has 0 aliphatic carbocycles. The van der Waals surface area contributed by atoms with Crippen molar-refractivity contribution in [3.05, 3.63) is 28.2 Å². The average Bonchev–Trinajstić information content (AvgIpc) is 2.14. The first kappa shape index (κ1) is 12.0. The summed E-state index contributed by atoms with van der Waals surface area (Å²) in [5.74, 6) is 0.0729. The van der Waals surface area contributed by atoms with Crippen LogP contribution in [0.25, 0.3) is 0 Å². The molecular formula is C10H13BrN2O2. The summed E-state index contributed by atoms with van der Waals surface area (Å²) in [6, 6.07) is 5.34. The standard InChI is InChI=1S/C10H13BrN2O2/c1-6(12)8-3-2-7(11)4-9(8)15-5-10(13)14/h2-4,6H,5,12H2,1H3,(H2,13,14)/t6-/m1/s1. The molecule has 0 spiro atoms. The summed E-state index contributed by atoms with van der Waals surface area (Å²) in [5.41, 5.74) is 11.6. The van der Waals surface area contributed by atoms with Gasteiger partial charge in [0.2, 0.25) is 0 Å². The van der Waals surface area contributed by atoms with Crippen LogP contribution in [0.1, 0.15) is 18.5 Å². The molecule has 1 aromatic rings. The molecule has 1 atom stereocenters. The van der Waals surface area contributed by atoms with Crippen LogP contribution >= 0.6 is 15.9 Å². The van der Waals surface area contributed by atoms with E-state index in [9.17, 15) is 4.79 Å². The van der Waals surface area contributed by atoms with Crippen LogP contribution in [-0.4, -0.2) is 12.5 Å². The van der Waals surface area contributed by atoms with E-state index in [1.165, 1.54) is 0 Å². The van der Waals surface area contributed by atoms with Crippen molar-refractivity contribution < 1.29 is 9.53 Å². The molecule has 15 heavy (non-hydrogen) atoms. The van der Waals surface area contributed by atoms with Gasteiger partial charge in [-0.3, -0.25) is 4.79 Å². The minimum Gasteiger partial charge on any atom is -0.483 e. The van der Waals surface area contributed by atoms with Gasteiger partial charge in [-0.2, -0.15) is 0 Å². The Morgan fingerprint density at radius 1 is 1.60 bits per heavy atom. The molecule has 4 N–H and O–H groups in total. The zero-order valence-electron chi connectivity index (χ0n) is 8.37. The molecule has 0 aliphatic heterocycles. The minimum absolute atomic E-state index is 0.143. The Kier molecular flexibility index (Phi) is 4.11. The second-order valence-corrected chi connectivity index (χ2v) is 4.14. The quantitative estimate of drug-likeness (QED) is 0.868. The van der Waals surface area contributed by atoms with Crippen molar-refractivity contribution in [3.8, 4) is 5.75 Å². The van der Waals surface area contributed by atoms with Crippen molar-refractivity contribution in [2.45, 2.75) is 13.0 Å². The number of carbonyl (C=O) groups excluding carboxylic acids is 1. The smallest absolute Gasteiger partial charge is 0.255 e. The van der Waals surface area contributed by atoms with Crippen molar-refractivity contribution in [1.29, 1.82) is 0 Å². The van der Waals surface area contributed by atoms with E-state index in [1.54, 1.807) is 6.07 Å². The lowest BCUT2D eigenvalue weighted by Crippen LogP contribution is -2.21. The highest BCUT2D eigenvalue weighted by atomic mass is 79.9. The van der Waals surface area contributed by atoms with Crippen LogP contribution in [0.3, 0.4) is 0 Å². The van der Waals surface area contributed by atoms with Gasteiger partial charge in [-0.25, -0.2) is 0 Å². The molecule has 5 heteroatoms. The van der Waals surface area contributed by atoms with Crippen LogP contribution < -0.4 is 16.2 Å². The molecule has 82 valence electrons. The molecule has 0 aromatic heterocycles. The third-order valence-corrected chi connectivity index (χ3v) is 2.33. The van der Waals surface area contributed by atoms with E-state index in [2.05, 4.69) is 15.9 Å². The van der Waals surface area contributed by atoms with Gasteiger partial charge in [-0.15, -0.1) is 0 Å². The van der Waals surface area contributed by atoms with Crippen LogP contribution in [0.5, 0.6) is 5.75 Å². The Hall–Kier alpha value is -1.07. The maximum absolute atomic E-state index is 10.6. The lowest BCUT2D eigenvalue weighted by molar-refractivity contribution is -0.119. The summed E-state index contributed by atoms with van der Waals surface area (Å²) in [7, 11) is 0. The van der Waals surface area contributed by atoms with Crippen molar-refractivity contribution in [2.24, 2.45) is 11.5 Å². The van der Waals surface area contributed by atoms with E-state index in [-0.39, 0.29) is 12.6 Å². The van der Waals surface area contributed by atoms with Crippen molar-refractivity contribution >= 4 is 21.8 Å². The Morgan fingerprint density at radius 3 is 2.80 bits per heavy atom. The van der Waals surface area contributed by atoms with E-state index in [0.29, 0.717) is 5.75 Å². The van der Waals surface area contributed by atoms with E-state index in [0.717, 1.165) is 10.0 Å². The minimum atomic E-state index is -0.509. The van der Waals surface area contributed by atoms with Gasteiger partial charge >= 0.3 is 0 Å². The SMILES string of the molecule is C[C@@H](N)c1ccc(Br)cc1OCC(N)=O. The van der Waals surface area contributed by atoms with E-state index < -0.39 is 5.91 Å². The van der Waals surface area contributed by atoms with Crippen LogP contribution in [0, 0.1) is 0 Å². The second-order valence-electron chi connectivity index (χ2n) is 3.23. The molecule has 0 unspecified atom stereocenters. The predicted octanol–water partition coefficient (Wildman–Crippen LogP) is 1.33. The van der Waals surface area contributed by atoms with Crippen molar-refractivity contribution in [2.75, 3.05) is 6.61 Å². The number of primary amides is 1. The molecule has 0 saturated carbocycles. The Labute approximate surface area is 96.7 Å². The van der Waals surface area contributed by atoms with Crippen LogP contribution in [0.4, 0.5) is 0 Å². The third-order valence-electron chi connectivity index (χ3n) is 1.84. The zero-order chi connectivity index (χ0) is 11.4. The zero-order valence-corrected chi connectivity index (χ0v) is 9.95. The Bertz CT molecular complexity index is 366. The van der Waals surface area contributed by atoms with Gasteiger partial charge in [0.25, 0.3) is 5.91 Å². The molecule has 0 saturated heterocycles. The van der Waals surface area contributed by atoms with Gasteiger partial charge in [0, 0.05) is 16.1 Å². The number of ether oxygens (including phenoxy) is 1. The fourth-order valence-corrected chi connectivity index (χ4v) is 1.50.